The zero-order valence-electron chi connectivity index (χ0n) is 15.9. The van der Waals surface area contributed by atoms with Gasteiger partial charge < -0.3 is 10.6 Å². The average Bonchev–Trinajstić information content (AvgIpc) is 3.05. The Labute approximate surface area is 158 Å². The first kappa shape index (κ1) is 18.5. The number of hydrogen-bond acceptors (Lipinski definition) is 5. The van der Waals surface area contributed by atoms with Crippen LogP contribution in [0.1, 0.15) is 23.7 Å². The van der Waals surface area contributed by atoms with Crippen molar-refractivity contribution in [2.75, 3.05) is 5.32 Å². The lowest BCUT2D eigenvalue weighted by Gasteiger charge is -2.16. The fraction of sp³-hybridized carbons (Fsp3) is 0.316. The fourth-order valence-corrected chi connectivity index (χ4v) is 2.75. The largest absolute Gasteiger partial charge is 0.335 e. The van der Waals surface area contributed by atoms with Crippen molar-refractivity contribution in [2.45, 2.75) is 33.2 Å². The molecule has 8 nitrogen and oxygen atoms in total. The van der Waals surface area contributed by atoms with Gasteiger partial charge in [0.2, 0.25) is 5.82 Å². The Morgan fingerprint density at radius 2 is 2.04 bits per heavy atom. The average molecular weight is 365 g/mol. The topological polar surface area (TPSA) is 97.6 Å². The van der Waals surface area contributed by atoms with Crippen LogP contribution in [0, 0.1) is 13.8 Å². The van der Waals surface area contributed by atoms with Gasteiger partial charge >= 0.3 is 6.03 Å². The molecule has 0 unspecified atom stereocenters. The van der Waals surface area contributed by atoms with Crippen LogP contribution in [0.25, 0.3) is 11.4 Å². The third-order valence-electron chi connectivity index (χ3n) is 4.25. The highest BCUT2D eigenvalue weighted by Gasteiger charge is 2.13. The van der Waals surface area contributed by atoms with E-state index in [9.17, 15) is 4.79 Å². The van der Waals surface area contributed by atoms with Gasteiger partial charge in [-0.25, -0.2) is 4.79 Å². The number of nitrogens with one attached hydrogen (secondary N) is 2. The Bertz CT molecular complexity index is 951. The molecule has 0 saturated carbocycles. The highest BCUT2D eigenvalue weighted by molar-refractivity contribution is 5.91. The van der Waals surface area contributed by atoms with Crippen molar-refractivity contribution in [3.63, 3.8) is 0 Å². The maximum Gasteiger partial charge on any atom is 0.319 e. The van der Waals surface area contributed by atoms with Gasteiger partial charge in [0.05, 0.1) is 7.05 Å². The highest BCUT2D eigenvalue weighted by atomic mass is 16.2. The van der Waals surface area contributed by atoms with Crippen molar-refractivity contribution in [1.82, 2.24) is 30.5 Å². The lowest BCUT2D eigenvalue weighted by molar-refractivity contribution is 0.249. The second-order valence-electron chi connectivity index (χ2n) is 6.60. The number of anilines is 1. The molecule has 1 aromatic carbocycles. The van der Waals surface area contributed by atoms with Gasteiger partial charge in [0, 0.05) is 35.6 Å². The van der Waals surface area contributed by atoms with Crippen molar-refractivity contribution in [3.8, 4) is 11.4 Å². The Balaban J connectivity index is 1.66. The van der Waals surface area contributed by atoms with Gasteiger partial charge in [0.25, 0.3) is 0 Å². The van der Waals surface area contributed by atoms with E-state index in [-0.39, 0.29) is 12.1 Å². The summed E-state index contributed by atoms with van der Waals surface area (Å²) in [6, 6.07) is 9.28. The predicted molar refractivity (Wildman–Crippen MR) is 103 cm³/mol. The molecule has 0 aliphatic heterocycles. The van der Waals surface area contributed by atoms with Crippen LogP contribution in [-0.4, -0.2) is 37.3 Å². The Morgan fingerprint density at radius 1 is 1.22 bits per heavy atom. The van der Waals surface area contributed by atoms with Crippen molar-refractivity contribution in [2.24, 2.45) is 7.05 Å². The molecule has 0 spiro atoms. The summed E-state index contributed by atoms with van der Waals surface area (Å²) in [5, 5.41) is 17.9. The smallest absolute Gasteiger partial charge is 0.319 e. The standard InChI is InChI=1S/C19H23N7O/c1-12-6-5-9-20-16(12)10-14(3)21-19(27)22-17-11-15(8-7-13(17)2)18-23-25-26(4)24-18/h5-9,11,14H,10H2,1-4H3,(H2,21,22,27)/t14-/m1/s1. The van der Waals surface area contributed by atoms with Crippen LogP contribution in [0.2, 0.25) is 0 Å². The summed E-state index contributed by atoms with van der Waals surface area (Å²) in [7, 11) is 1.71. The van der Waals surface area contributed by atoms with Gasteiger partial charge in [0.1, 0.15) is 0 Å². The van der Waals surface area contributed by atoms with Gasteiger partial charge in [-0.3, -0.25) is 4.98 Å². The maximum absolute atomic E-state index is 12.4. The second kappa shape index (κ2) is 7.94. The van der Waals surface area contributed by atoms with E-state index >= 15 is 0 Å². The Kier molecular flexibility index (Phi) is 5.44. The first-order chi connectivity index (χ1) is 12.9. The summed E-state index contributed by atoms with van der Waals surface area (Å²) < 4.78 is 0. The summed E-state index contributed by atoms with van der Waals surface area (Å²) in [5.41, 5.74) is 4.55. The molecule has 0 aliphatic rings. The van der Waals surface area contributed by atoms with E-state index in [2.05, 4.69) is 31.0 Å². The van der Waals surface area contributed by atoms with Crippen molar-refractivity contribution in [3.05, 3.63) is 53.3 Å². The molecule has 3 aromatic rings. The van der Waals surface area contributed by atoms with E-state index in [4.69, 9.17) is 0 Å². The molecule has 2 N–H and O–H groups in total. The van der Waals surface area contributed by atoms with Gasteiger partial charge in [-0.05, 0) is 49.2 Å². The van der Waals surface area contributed by atoms with E-state index < -0.39 is 0 Å². The minimum absolute atomic E-state index is 0.0521. The van der Waals surface area contributed by atoms with Gasteiger partial charge in [-0.1, -0.05) is 18.2 Å². The van der Waals surface area contributed by atoms with Crippen LogP contribution in [-0.2, 0) is 13.5 Å². The predicted octanol–water partition coefficient (Wildman–Crippen LogP) is 2.64. The number of carbonyl (C=O) groups excluding carboxylic acids is 1. The number of carbonyl (C=O) groups is 1. The molecular weight excluding hydrogens is 342 g/mol. The van der Waals surface area contributed by atoms with Crippen molar-refractivity contribution < 1.29 is 4.79 Å². The number of urea groups is 1. The third-order valence-corrected chi connectivity index (χ3v) is 4.25. The minimum atomic E-state index is -0.261. The maximum atomic E-state index is 12.4. The number of amides is 2. The van der Waals surface area contributed by atoms with Gasteiger partial charge in [0.15, 0.2) is 0 Å². The van der Waals surface area contributed by atoms with E-state index in [1.54, 1.807) is 13.2 Å². The van der Waals surface area contributed by atoms with E-state index in [0.717, 1.165) is 22.4 Å². The van der Waals surface area contributed by atoms with Crippen LogP contribution in [0.5, 0.6) is 0 Å². The number of aromatic nitrogens is 5. The quantitative estimate of drug-likeness (QED) is 0.724. The first-order valence-electron chi connectivity index (χ1n) is 8.75. The van der Waals surface area contributed by atoms with Crippen LogP contribution >= 0.6 is 0 Å². The molecule has 0 radical (unpaired) electrons. The molecule has 0 saturated heterocycles. The summed E-state index contributed by atoms with van der Waals surface area (Å²) in [4.78, 5) is 18.2. The van der Waals surface area contributed by atoms with E-state index in [1.807, 2.05) is 51.1 Å². The first-order valence-corrected chi connectivity index (χ1v) is 8.75. The molecule has 140 valence electrons. The second-order valence-corrected chi connectivity index (χ2v) is 6.60. The van der Waals surface area contributed by atoms with Gasteiger partial charge in [-0.15, -0.1) is 10.2 Å². The molecule has 27 heavy (non-hydrogen) atoms. The monoisotopic (exact) mass is 365 g/mol. The molecule has 2 amide bonds. The van der Waals surface area contributed by atoms with Crippen LogP contribution < -0.4 is 10.6 Å². The summed E-state index contributed by atoms with van der Waals surface area (Å²) in [6.45, 7) is 5.91. The molecule has 0 aliphatic carbocycles. The summed E-state index contributed by atoms with van der Waals surface area (Å²) >= 11 is 0. The zero-order valence-corrected chi connectivity index (χ0v) is 15.9. The molecule has 0 bridgehead atoms. The number of benzene rings is 1. The van der Waals surface area contributed by atoms with E-state index in [0.29, 0.717) is 17.9 Å². The SMILES string of the molecule is Cc1ccc(-c2nnn(C)n2)cc1NC(=O)N[C@H](C)Cc1ncccc1C. The summed E-state index contributed by atoms with van der Waals surface area (Å²) in [5.74, 6) is 0.514. The molecule has 2 aromatic heterocycles. The fourth-order valence-electron chi connectivity index (χ4n) is 2.75. The third kappa shape index (κ3) is 4.66. The highest BCUT2D eigenvalue weighted by Crippen LogP contribution is 2.22. The number of hydrogen-bond donors (Lipinski definition) is 2. The molecule has 2 heterocycles. The molecular formula is C19H23N7O. The molecule has 0 fully saturated rings. The number of aryl methyl sites for hydroxylation is 3. The molecule has 1 atom stereocenters. The number of rotatable bonds is 5. The molecule has 8 heteroatoms. The van der Waals surface area contributed by atoms with Crippen molar-refractivity contribution in [1.29, 1.82) is 0 Å². The van der Waals surface area contributed by atoms with Crippen LogP contribution in [0.15, 0.2) is 36.5 Å². The van der Waals surface area contributed by atoms with Crippen LogP contribution in [0.4, 0.5) is 10.5 Å². The lowest BCUT2D eigenvalue weighted by atomic mass is 10.1. The Hall–Kier alpha value is -3.29. The van der Waals surface area contributed by atoms with Crippen molar-refractivity contribution >= 4 is 11.7 Å². The number of nitrogens with zero attached hydrogens (tertiary/aromatic N) is 5. The number of tetrazole rings is 1. The zero-order chi connectivity index (χ0) is 19.4. The molecule has 3 rings (SSSR count). The van der Waals surface area contributed by atoms with Crippen LogP contribution in [0.3, 0.4) is 0 Å². The summed E-state index contributed by atoms with van der Waals surface area (Å²) in [6.07, 6.45) is 2.44. The lowest BCUT2D eigenvalue weighted by Crippen LogP contribution is -2.37. The normalized spacial score (nSPS) is 11.9. The Morgan fingerprint density at radius 3 is 2.74 bits per heavy atom. The van der Waals surface area contributed by atoms with E-state index in [1.165, 1.54) is 4.80 Å². The minimum Gasteiger partial charge on any atom is -0.335 e. The van der Waals surface area contributed by atoms with Gasteiger partial charge in [-0.2, -0.15) is 4.80 Å². The number of pyridine rings is 1.